The quantitative estimate of drug-likeness (QED) is 0.757. The van der Waals surface area contributed by atoms with E-state index in [-0.39, 0.29) is 18.0 Å². The van der Waals surface area contributed by atoms with Crippen molar-refractivity contribution < 1.29 is 19.0 Å². The third-order valence-electron chi connectivity index (χ3n) is 3.70. The van der Waals surface area contributed by atoms with Crippen molar-refractivity contribution in [3.63, 3.8) is 0 Å². The van der Waals surface area contributed by atoms with Crippen LogP contribution in [0, 0.1) is 0 Å². The molecule has 0 bridgehead atoms. The predicted octanol–water partition coefficient (Wildman–Crippen LogP) is 3.29. The predicted molar refractivity (Wildman–Crippen MR) is 85.0 cm³/mol. The van der Waals surface area contributed by atoms with E-state index in [9.17, 15) is 4.79 Å². The Morgan fingerprint density at radius 3 is 2.68 bits per heavy atom. The van der Waals surface area contributed by atoms with Crippen LogP contribution in [0.15, 0.2) is 36.4 Å². The lowest BCUT2D eigenvalue weighted by Gasteiger charge is -2.24. The van der Waals surface area contributed by atoms with E-state index in [4.69, 9.17) is 14.2 Å². The smallest absolute Gasteiger partial charge is 0.165 e. The molecule has 0 fully saturated rings. The molecule has 0 saturated heterocycles. The van der Waals surface area contributed by atoms with Gasteiger partial charge in [-0.2, -0.15) is 0 Å². The number of carbonyl (C=O) groups excluding carboxylic acids is 1. The fourth-order valence-corrected chi connectivity index (χ4v) is 2.40. The second kappa shape index (κ2) is 8.71. The first-order valence-electron chi connectivity index (χ1n) is 7.76. The number of Topliss-reactive ketones (excluding diaryl/α,β-unsaturated/α-hetero) is 1. The summed E-state index contributed by atoms with van der Waals surface area (Å²) in [6, 6.07) is 7.80. The van der Waals surface area contributed by atoms with Crippen LogP contribution in [0.2, 0.25) is 0 Å². The molecule has 2 atom stereocenters. The fourth-order valence-electron chi connectivity index (χ4n) is 2.40. The lowest BCUT2D eigenvalue weighted by Crippen LogP contribution is -2.32. The summed E-state index contributed by atoms with van der Waals surface area (Å²) in [6.07, 6.45) is 5.53. The molecule has 1 aromatic rings. The normalized spacial score (nSPS) is 23.6. The minimum Gasteiger partial charge on any atom is -0.497 e. The third-order valence-corrected chi connectivity index (χ3v) is 3.70. The van der Waals surface area contributed by atoms with Gasteiger partial charge in [0.25, 0.3) is 0 Å². The Hall–Kier alpha value is -1.65. The molecule has 1 aliphatic rings. The Bertz CT molecular complexity index is 492. The Balaban J connectivity index is 1.82. The van der Waals surface area contributed by atoms with Crippen molar-refractivity contribution in [1.82, 2.24) is 0 Å². The molecule has 1 aliphatic heterocycles. The Labute approximate surface area is 132 Å². The maximum Gasteiger partial charge on any atom is 0.165 e. The number of rotatable bonds is 6. The zero-order chi connectivity index (χ0) is 15.8. The van der Waals surface area contributed by atoms with Gasteiger partial charge in [-0.3, -0.25) is 4.79 Å². The highest BCUT2D eigenvalue weighted by Gasteiger charge is 2.22. The first kappa shape index (κ1) is 16.7. The number of ether oxygens (including phenoxy) is 3. The van der Waals surface area contributed by atoms with E-state index in [1.54, 1.807) is 7.11 Å². The van der Waals surface area contributed by atoms with Crippen LogP contribution in [-0.4, -0.2) is 31.7 Å². The Morgan fingerprint density at radius 2 is 2.00 bits per heavy atom. The van der Waals surface area contributed by atoms with Crippen LogP contribution in [0.1, 0.15) is 31.7 Å². The number of methoxy groups -OCH3 is 1. The topological polar surface area (TPSA) is 44.8 Å². The van der Waals surface area contributed by atoms with Crippen molar-refractivity contribution in [2.24, 2.45) is 0 Å². The standard InChI is InChI=1S/C18H24O4/c1-3-18-17(19)7-5-4-6-16(22-18)13-21-12-14-8-10-15(20-2)11-9-14/h4-5,8-11,16,18H,3,6-7,12-13H2,1-2H3/b5-4-/t16-,18-/m1/s1. The van der Waals surface area contributed by atoms with E-state index in [1.165, 1.54) is 0 Å². The molecule has 0 aliphatic carbocycles. The average Bonchev–Trinajstić information content (AvgIpc) is 2.54. The van der Waals surface area contributed by atoms with Crippen LogP contribution < -0.4 is 4.74 Å². The summed E-state index contributed by atoms with van der Waals surface area (Å²) >= 11 is 0. The molecule has 22 heavy (non-hydrogen) atoms. The summed E-state index contributed by atoms with van der Waals surface area (Å²) in [7, 11) is 1.65. The molecule has 0 N–H and O–H groups in total. The van der Waals surface area contributed by atoms with Crippen LogP contribution in [0.25, 0.3) is 0 Å². The molecule has 4 nitrogen and oxygen atoms in total. The number of ketones is 1. The number of hydrogen-bond acceptors (Lipinski definition) is 4. The van der Waals surface area contributed by atoms with Crippen LogP contribution in [0.3, 0.4) is 0 Å². The van der Waals surface area contributed by atoms with Gasteiger partial charge in [0.15, 0.2) is 5.78 Å². The summed E-state index contributed by atoms with van der Waals surface area (Å²) in [6.45, 7) is 2.99. The molecule has 1 heterocycles. The third kappa shape index (κ3) is 4.97. The van der Waals surface area contributed by atoms with E-state index in [0.717, 1.165) is 17.7 Å². The highest BCUT2D eigenvalue weighted by atomic mass is 16.5. The van der Waals surface area contributed by atoms with Crippen molar-refractivity contribution in [3.8, 4) is 5.75 Å². The van der Waals surface area contributed by atoms with Gasteiger partial charge in [0.2, 0.25) is 0 Å². The molecule has 1 aromatic carbocycles. The Kier molecular flexibility index (Phi) is 6.62. The minimum absolute atomic E-state index is 0.0660. The second-order valence-electron chi connectivity index (χ2n) is 5.40. The van der Waals surface area contributed by atoms with Crippen molar-refractivity contribution in [1.29, 1.82) is 0 Å². The molecule has 120 valence electrons. The molecule has 0 unspecified atom stereocenters. The van der Waals surface area contributed by atoms with Gasteiger partial charge in [0.05, 0.1) is 26.4 Å². The van der Waals surface area contributed by atoms with Crippen LogP contribution in [0.4, 0.5) is 0 Å². The Morgan fingerprint density at radius 1 is 1.23 bits per heavy atom. The molecule has 0 saturated carbocycles. The van der Waals surface area contributed by atoms with Gasteiger partial charge in [0, 0.05) is 6.42 Å². The van der Waals surface area contributed by atoms with Gasteiger partial charge in [-0.05, 0) is 30.5 Å². The molecule has 2 rings (SSSR count). The molecule has 0 spiro atoms. The van der Waals surface area contributed by atoms with Crippen LogP contribution >= 0.6 is 0 Å². The largest absolute Gasteiger partial charge is 0.497 e. The first-order valence-corrected chi connectivity index (χ1v) is 7.76. The molecular formula is C18H24O4. The first-order chi connectivity index (χ1) is 10.7. The maximum absolute atomic E-state index is 11.9. The summed E-state index contributed by atoms with van der Waals surface area (Å²) in [5.41, 5.74) is 1.09. The molecular weight excluding hydrogens is 280 g/mol. The van der Waals surface area contributed by atoms with Crippen molar-refractivity contribution in [2.45, 2.75) is 45.0 Å². The van der Waals surface area contributed by atoms with Gasteiger partial charge < -0.3 is 14.2 Å². The van der Waals surface area contributed by atoms with E-state index in [2.05, 4.69) is 0 Å². The highest BCUT2D eigenvalue weighted by molar-refractivity contribution is 5.84. The molecule has 0 radical (unpaired) electrons. The lowest BCUT2D eigenvalue weighted by molar-refractivity contribution is -0.137. The van der Waals surface area contributed by atoms with Gasteiger partial charge >= 0.3 is 0 Å². The number of benzene rings is 1. The van der Waals surface area contributed by atoms with Gasteiger partial charge in [-0.25, -0.2) is 0 Å². The zero-order valence-electron chi connectivity index (χ0n) is 13.3. The lowest BCUT2D eigenvalue weighted by atomic mass is 10.1. The van der Waals surface area contributed by atoms with E-state index < -0.39 is 0 Å². The van der Waals surface area contributed by atoms with Crippen LogP contribution in [0.5, 0.6) is 5.75 Å². The van der Waals surface area contributed by atoms with Gasteiger partial charge in [0.1, 0.15) is 11.9 Å². The van der Waals surface area contributed by atoms with E-state index >= 15 is 0 Å². The summed E-state index contributed by atoms with van der Waals surface area (Å²) in [4.78, 5) is 11.9. The van der Waals surface area contributed by atoms with Crippen molar-refractivity contribution >= 4 is 5.78 Å². The highest BCUT2D eigenvalue weighted by Crippen LogP contribution is 2.16. The molecule has 0 aromatic heterocycles. The zero-order valence-corrected chi connectivity index (χ0v) is 13.3. The van der Waals surface area contributed by atoms with Crippen molar-refractivity contribution in [2.75, 3.05) is 13.7 Å². The van der Waals surface area contributed by atoms with Crippen molar-refractivity contribution in [3.05, 3.63) is 42.0 Å². The monoisotopic (exact) mass is 304 g/mol. The average molecular weight is 304 g/mol. The number of hydrogen-bond donors (Lipinski definition) is 0. The molecule has 0 amide bonds. The van der Waals surface area contributed by atoms with Gasteiger partial charge in [-0.15, -0.1) is 0 Å². The van der Waals surface area contributed by atoms with E-state index in [0.29, 0.717) is 26.1 Å². The second-order valence-corrected chi connectivity index (χ2v) is 5.40. The summed E-state index contributed by atoms with van der Waals surface area (Å²) < 4.78 is 16.8. The van der Waals surface area contributed by atoms with Crippen LogP contribution in [-0.2, 0) is 20.9 Å². The SMILES string of the molecule is CC[C@H]1O[C@@H](COCc2ccc(OC)cc2)C/C=C\CC1=O. The minimum atomic E-state index is -0.306. The number of carbonyl (C=O) groups is 1. The summed E-state index contributed by atoms with van der Waals surface area (Å²) in [5, 5.41) is 0. The molecule has 4 heteroatoms. The fraction of sp³-hybridized carbons (Fsp3) is 0.500. The van der Waals surface area contributed by atoms with E-state index in [1.807, 2.05) is 43.3 Å². The number of allylic oxidation sites excluding steroid dienone is 1. The maximum atomic E-state index is 11.9. The van der Waals surface area contributed by atoms with Gasteiger partial charge in [-0.1, -0.05) is 31.2 Å². The summed E-state index contributed by atoms with van der Waals surface area (Å²) in [5.74, 6) is 0.986.